The Morgan fingerprint density at radius 1 is 1.20 bits per heavy atom. The van der Waals surface area contributed by atoms with E-state index in [0.29, 0.717) is 23.8 Å². The zero-order chi connectivity index (χ0) is 17.1. The topological polar surface area (TPSA) is 81.4 Å². The zero-order valence-corrected chi connectivity index (χ0v) is 13.8. The molecule has 0 aliphatic carbocycles. The van der Waals surface area contributed by atoms with Crippen molar-refractivity contribution < 1.29 is 9.53 Å². The minimum absolute atomic E-state index is 0.0366. The maximum absolute atomic E-state index is 12.3. The summed E-state index contributed by atoms with van der Waals surface area (Å²) in [4.78, 5) is 16.6. The molecule has 7 nitrogen and oxygen atoms in total. The quantitative estimate of drug-likeness (QED) is 0.787. The van der Waals surface area contributed by atoms with Crippen LogP contribution in [0.1, 0.15) is 23.2 Å². The van der Waals surface area contributed by atoms with Gasteiger partial charge in [-0.1, -0.05) is 12.1 Å². The Kier molecular flexibility index (Phi) is 4.39. The average molecular weight is 337 g/mol. The molecule has 1 aromatic carbocycles. The van der Waals surface area contributed by atoms with Crippen molar-refractivity contribution >= 4 is 11.7 Å². The van der Waals surface area contributed by atoms with Crippen LogP contribution in [0.5, 0.6) is 0 Å². The second kappa shape index (κ2) is 6.98. The van der Waals surface area contributed by atoms with Crippen LogP contribution in [0.4, 0.5) is 0 Å². The monoisotopic (exact) mass is 337 g/mol. The third-order valence-electron chi connectivity index (χ3n) is 4.52. The molecule has 1 amide bonds. The van der Waals surface area contributed by atoms with Gasteiger partial charge in [-0.2, -0.15) is 0 Å². The number of carbonyl (C=O) groups is 1. The van der Waals surface area contributed by atoms with Gasteiger partial charge in [-0.15, -0.1) is 10.2 Å². The van der Waals surface area contributed by atoms with Gasteiger partial charge >= 0.3 is 0 Å². The van der Waals surface area contributed by atoms with Crippen LogP contribution in [0, 0.1) is 5.92 Å². The summed E-state index contributed by atoms with van der Waals surface area (Å²) >= 11 is 0. The lowest BCUT2D eigenvalue weighted by molar-refractivity contribution is 0.0642. The lowest BCUT2D eigenvalue weighted by atomic mass is 10.0. The number of fused-ring (bicyclic) bond motifs is 1. The van der Waals surface area contributed by atoms with Gasteiger partial charge in [0, 0.05) is 43.3 Å². The first-order chi connectivity index (χ1) is 12.3. The van der Waals surface area contributed by atoms with E-state index in [0.717, 1.165) is 37.2 Å². The Bertz CT molecular complexity index is 869. The summed E-state index contributed by atoms with van der Waals surface area (Å²) < 4.78 is 7.11. The summed E-state index contributed by atoms with van der Waals surface area (Å²) in [6, 6.07) is 7.53. The van der Waals surface area contributed by atoms with Crippen molar-refractivity contribution in [2.75, 3.05) is 19.8 Å². The molecule has 1 saturated heterocycles. The van der Waals surface area contributed by atoms with Gasteiger partial charge < -0.3 is 10.1 Å². The van der Waals surface area contributed by atoms with Gasteiger partial charge in [-0.05, 0) is 36.5 Å². The molecule has 1 aliphatic heterocycles. The second-order valence-corrected chi connectivity index (χ2v) is 6.22. The normalized spacial score (nSPS) is 15.4. The average Bonchev–Trinajstić information content (AvgIpc) is 3.15. The van der Waals surface area contributed by atoms with Gasteiger partial charge in [0.2, 0.25) is 0 Å². The Hall–Kier alpha value is -2.80. The number of amides is 1. The summed E-state index contributed by atoms with van der Waals surface area (Å²) in [6.45, 7) is 2.29. The first kappa shape index (κ1) is 15.7. The first-order valence-corrected chi connectivity index (χ1v) is 8.41. The molecule has 0 radical (unpaired) electrons. The zero-order valence-electron chi connectivity index (χ0n) is 13.8. The van der Waals surface area contributed by atoms with Crippen molar-refractivity contribution in [3.63, 3.8) is 0 Å². The predicted octanol–water partition coefficient (Wildman–Crippen LogP) is 1.95. The van der Waals surface area contributed by atoms with Crippen molar-refractivity contribution in [3.8, 4) is 11.1 Å². The molecule has 0 unspecified atom stereocenters. The highest BCUT2D eigenvalue weighted by Gasteiger charge is 2.15. The molecule has 0 saturated carbocycles. The maximum Gasteiger partial charge on any atom is 0.254 e. The lowest BCUT2D eigenvalue weighted by Gasteiger charge is -2.22. The standard InChI is InChI=1S/C18H19N5O2/c24-17(19-9-13-5-7-25-8-6-13)15-3-1-14(2-4-15)16-10-20-18-22-21-12-23(18)11-16/h1-4,10-13H,5-9H2,(H,19,24). The van der Waals surface area contributed by atoms with E-state index in [9.17, 15) is 4.79 Å². The molecule has 1 N–H and O–H groups in total. The van der Waals surface area contributed by atoms with Gasteiger partial charge in [-0.3, -0.25) is 9.20 Å². The highest BCUT2D eigenvalue weighted by Crippen LogP contribution is 2.19. The highest BCUT2D eigenvalue weighted by molar-refractivity contribution is 5.94. The van der Waals surface area contributed by atoms with Crippen molar-refractivity contribution in [2.45, 2.75) is 12.8 Å². The molecular weight excluding hydrogens is 318 g/mol. The number of rotatable bonds is 4. The third-order valence-corrected chi connectivity index (χ3v) is 4.52. The van der Waals surface area contributed by atoms with E-state index in [1.54, 1.807) is 16.9 Å². The Morgan fingerprint density at radius 3 is 2.80 bits per heavy atom. The molecule has 7 heteroatoms. The molecule has 128 valence electrons. The van der Waals surface area contributed by atoms with E-state index in [2.05, 4.69) is 20.5 Å². The lowest BCUT2D eigenvalue weighted by Crippen LogP contribution is -2.32. The third kappa shape index (κ3) is 3.51. The summed E-state index contributed by atoms with van der Waals surface area (Å²) in [5.41, 5.74) is 2.60. The van der Waals surface area contributed by atoms with Crippen LogP contribution in [0.15, 0.2) is 43.0 Å². The van der Waals surface area contributed by atoms with Gasteiger partial charge in [0.15, 0.2) is 0 Å². The smallest absolute Gasteiger partial charge is 0.254 e. The highest BCUT2D eigenvalue weighted by atomic mass is 16.5. The van der Waals surface area contributed by atoms with Crippen LogP contribution in [0.2, 0.25) is 0 Å². The van der Waals surface area contributed by atoms with Crippen LogP contribution in [-0.2, 0) is 4.74 Å². The van der Waals surface area contributed by atoms with E-state index in [-0.39, 0.29) is 5.91 Å². The second-order valence-electron chi connectivity index (χ2n) is 6.22. The van der Waals surface area contributed by atoms with Crippen LogP contribution >= 0.6 is 0 Å². The summed E-state index contributed by atoms with van der Waals surface area (Å²) in [5.74, 6) is 1.04. The Balaban J connectivity index is 1.42. The summed E-state index contributed by atoms with van der Waals surface area (Å²) in [5, 5.41) is 10.7. The molecule has 2 aromatic heterocycles. The van der Waals surface area contributed by atoms with Gasteiger partial charge in [0.05, 0.1) is 0 Å². The minimum atomic E-state index is -0.0366. The number of benzene rings is 1. The molecule has 3 aromatic rings. The number of hydrogen-bond donors (Lipinski definition) is 1. The fourth-order valence-electron chi connectivity index (χ4n) is 2.98. The maximum atomic E-state index is 12.3. The Morgan fingerprint density at radius 2 is 2.00 bits per heavy atom. The molecule has 1 fully saturated rings. The van der Waals surface area contributed by atoms with Gasteiger partial charge in [-0.25, -0.2) is 4.98 Å². The van der Waals surface area contributed by atoms with Crippen molar-refractivity contribution in [1.29, 1.82) is 0 Å². The SMILES string of the molecule is O=C(NCC1CCOCC1)c1ccc(-c2cnc3nncn3c2)cc1. The van der Waals surface area contributed by atoms with Crippen molar-refractivity contribution in [1.82, 2.24) is 24.9 Å². The molecule has 0 bridgehead atoms. The number of aromatic nitrogens is 4. The molecule has 4 rings (SSSR count). The number of nitrogens with one attached hydrogen (secondary N) is 1. The fourth-order valence-corrected chi connectivity index (χ4v) is 2.98. The number of ether oxygens (including phenoxy) is 1. The van der Waals surface area contributed by atoms with E-state index in [1.807, 2.05) is 30.5 Å². The minimum Gasteiger partial charge on any atom is -0.381 e. The van der Waals surface area contributed by atoms with E-state index < -0.39 is 0 Å². The van der Waals surface area contributed by atoms with Crippen LogP contribution in [-0.4, -0.2) is 45.2 Å². The molecule has 3 heterocycles. The summed E-state index contributed by atoms with van der Waals surface area (Å²) in [6.07, 6.45) is 7.31. The first-order valence-electron chi connectivity index (χ1n) is 8.41. The van der Waals surface area contributed by atoms with Crippen LogP contribution < -0.4 is 5.32 Å². The van der Waals surface area contributed by atoms with Crippen molar-refractivity contribution in [2.24, 2.45) is 5.92 Å². The van der Waals surface area contributed by atoms with Crippen molar-refractivity contribution in [3.05, 3.63) is 48.5 Å². The summed E-state index contributed by atoms with van der Waals surface area (Å²) in [7, 11) is 0. The van der Waals surface area contributed by atoms with E-state index >= 15 is 0 Å². The van der Waals surface area contributed by atoms with E-state index in [1.165, 1.54) is 0 Å². The molecule has 25 heavy (non-hydrogen) atoms. The number of hydrogen-bond acceptors (Lipinski definition) is 5. The molecule has 1 aliphatic rings. The number of carbonyl (C=O) groups excluding carboxylic acids is 1. The van der Waals surface area contributed by atoms with Gasteiger partial charge in [0.1, 0.15) is 6.33 Å². The van der Waals surface area contributed by atoms with Crippen LogP contribution in [0.25, 0.3) is 16.9 Å². The Labute approximate surface area is 145 Å². The molecule has 0 spiro atoms. The fraction of sp³-hybridized carbons (Fsp3) is 0.333. The van der Waals surface area contributed by atoms with Gasteiger partial charge in [0.25, 0.3) is 11.7 Å². The molecule has 0 atom stereocenters. The predicted molar refractivity (Wildman–Crippen MR) is 92.1 cm³/mol. The van der Waals surface area contributed by atoms with Crippen LogP contribution in [0.3, 0.4) is 0 Å². The number of nitrogens with zero attached hydrogens (tertiary/aromatic N) is 4. The molecular formula is C18H19N5O2. The largest absolute Gasteiger partial charge is 0.381 e. The van der Waals surface area contributed by atoms with E-state index in [4.69, 9.17) is 4.74 Å².